The first-order valence-electron chi connectivity index (χ1n) is 7.46. The fraction of sp³-hybridized carbons (Fsp3) is 0.923. The third kappa shape index (κ3) is 4.38. The summed E-state index contributed by atoms with van der Waals surface area (Å²) in [5.41, 5.74) is 0. The van der Waals surface area contributed by atoms with E-state index >= 15 is 0 Å². The Bertz CT molecular complexity index is 474. The molecule has 1 aliphatic carbocycles. The predicted molar refractivity (Wildman–Crippen MR) is 79.2 cm³/mol. The fourth-order valence-electron chi connectivity index (χ4n) is 3.27. The average molecular weight is 319 g/mol. The van der Waals surface area contributed by atoms with Crippen LogP contribution < -0.4 is 4.72 Å². The molecule has 2 fully saturated rings. The SMILES string of the molecule is CC(NS(C)(=O)=O)C(=O)N1CCN(C2CCCC2O)CC1. The molecular weight excluding hydrogens is 294 g/mol. The number of rotatable bonds is 4. The number of amides is 1. The zero-order valence-corrected chi connectivity index (χ0v) is 13.5. The van der Waals surface area contributed by atoms with Crippen molar-refractivity contribution in [3.63, 3.8) is 0 Å². The Kier molecular flexibility index (Phi) is 5.24. The monoisotopic (exact) mass is 319 g/mol. The maximum Gasteiger partial charge on any atom is 0.240 e. The van der Waals surface area contributed by atoms with Gasteiger partial charge in [-0.3, -0.25) is 9.69 Å². The Morgan fingerprint density at radius 3 is 2.33 bits per heavy atom. The summed E-state index contributed by atoms with van der Waals surface area (Å²) >= 11 is 0. The fourth-order valence-corrected chi connectivity index (χ4v) is 4.01. The van der Waals surface area contributed by atoms with E-state index in [-0.39, 0.29) is 18.1 Å². The topological polar surface area (TPSA) is 90.0 Å². The van der Waals surface area contributed by atoms with Crippen LogP contribution >= 0.6 is 0 Å². The van der Waals surface area contributed by atoms with Gasteiger partial charge in [0.05, 0.1) is 18.4 Å². The number of nitrogens with zero attached hydrogens (tertiary/aromatic N) is 2. The first-order chi connectivity index (χ1) is 9.78. The van der Waals surface area contributed by atoms with Gasteiger partial charge in [0.25, 0.3) is 0 Å². The van der Waals surface area contributed by atoms with Gasteiger partial charge in [-0.05, 0) is 26.2 Å². The highest BCUT2D eigenvalue weighted by Crippen LogP contribution is 2.25. The summed E-state index contributed by atoms with van der Waals surface area (Å²) in [6.07, 6.45) is 3.73. The lowest BCUT2D eigenvalue weighted by molar-refractivity contribution is -0.134. The molecule has 0 aromatic rings. The number of hydrogen-bond donors (Lipinski definition) is 2. The summed E-state index contributed by atoms with van der Waals surface area (Å²) in [4.78, 5) is 16.1. The maximum atomic E-state index is 12.2. The van der Waals surface area contributed by atoms with Crippen molar-refractivity contribution in [1.29, 1.82) is 0 Å². The molecule has 2 aliphatic rings. The molecule has 7 nitrogen and oxygen atoms in total. The molecule has 1 saturated heterocycles. The molecule has 0 bridgehead atoms. The van der Waals surface area contributed by atoms with Gasteiger partial charge >= 0.3 is 0 Å². The molecule has 3 unspecified atom stereocenters. The van der Waals surface area contributed by atoms with Crippen LogP contribution in [0.5, 0.6) is 0 Å². The van der Waals surface area contributed by atoms with Crippen LogP contribution in [-0.2, 0) is 14.8 Å². The van der Waals surface area contributed by atoms with E-state index in [9.17, 15) is 18.3 Å². The molecule has 122 valence electrons. The van der Waals surface area contributed by atoms with Gasteiger partial charge in [0.2, 0.25) is 15.9 Å². The highest BCUT2D eigenvalue weighted by Gasteiger charge is 2.34. The smallest absolute Gasteiger partial charge is 0.240 e. The van der Waals surface area contributed by atoms with Crippen LogP contribution in [0.3, 0.4) is 0 Å². The second kappa shape index (κ2) is 6.60. The largest absolute Gasteiger partial charge is 0.391 e. The molecule has 0 radical (unpaired) electrons. The molecule has 3 atom stereocenters. The van der Waals surface area contributed by atoms with Gasteiger partial charge in [0, 0.05) is 32.2 Å². The summed E-state index contributed by atoms with van der Waals surface area (Å²) in [6, 6.07) is -0.516. The quantitative estimate of drug-likeness (QED) is 0.692. The van der Waals surface area contributed by atoms with Crippen LogP contribution in [0.25, 0.3) is 0 Å². The lowest BCUT2D eigenvalue weighted by Crippen LogP contribution is -2.56. The standard InChI is InChI=1S/C13H25N3O4S/c1-10(14-21(2,19)20)13(18)16-8-6-15(7-9-16)11-4-3-5-12(11)17/h10-12,14,17H,3-9H2,1-2H3. The molecule has 0 aromatic carbocycles. The van der Waals surface area contributed by atoms with E-state index in [1.807, 2.05) is 0 Å². The minimum atomic E-state index is -3.38. The molecule has 2 rings (SSSR count). The summed E-state index contributed by atoms with van der Waals surface area (Å²) in [5, 5.41) is 9.93. The van der Waals surface area contributed by atoms with Crippen molar-refractivity contribution in [2.75, 3.05) is 32.4 Å². The third-order valence-corrected chi connectivity index (χ3v) is 5.08. The summed E-state index contributed by atoms with van der Waals surface area (Å²) in [5.74, 6) is -0.188. The average Bonchev–Trinajstić information content (AvgIpc) is 2.82. The van der Waals surface area contributed by atoms with Crippen LogP contribution in [0.15, 0.2) is 0 Å². The van der Waals surface area contributed by atoms with Gasteiger partial charge in [0.15, 0.2) is 0 Å². The molecule has 0 aromatic heterocycles. The van der Waals surface area contributed by atoms with E-state index < -0.39 is 16.1 Å². The summed E-state index contributed by atoms with van der Waals surface area (Å²) in [6.45, 7) is 4.20. The number of nitrogens with one attached hydrogen (secondary N) is 1. The zero-order chi connectivity index (χ0) is 15.6. The number of carbonyl (C=O) groups excluding carboxylic acids is 1. The third-order valence-electron chi connectivity index (χ3n) is 4.30. The minimum absolute atomic E-state index is 0.188. The Labute approximate surface area is 126 Å². The number of aliphatic hydroxyl groups is 1. The van der Waals surface area contributed by atoms with Gasteiger partial charge in [-0.15, -0.1) is 0 Å². The summed E-state index contributed by atoms with van der Waals surface area (Å²) < 4.78 is 24.7. The Balaban J connectivity index is 1.84. The van der Waals surface area contributed by atoms with Crippen molar-refractivity contribution in [2.45, 2.75) is 44.4 Å². The van der Waals surface area contributed by atoms with Crippen LogP contribution in [0.1, 0.15) is 26.2 Å². The van der Waals surface area contributed by atoms with Crippen LogP contribution in [0.2, 0.25) is 0 Å². The van der Waals surface area contributed by atoms with Crippen molar-refractivity contribution < 1.29 is 18.3 Å². The van der Waals surface area contributed by atoms with E-state index in [0.29, 0.717) is 13.1 Å². The first kappa shape index (κ1) is 16.7. The predicted octanol–water partition coefficient (Wildman–Crippen LogP) is -1.02. The highest BCUT2D eigenvalue weighted by atomic mass is 32.2. The minimum Gasteiger partial charge on any atom is -0.391 e. The van der Waals surface area contributed by atoms with Gasteiger partial charge in [0.1, 0.15) is 0 Å². The number of piperazine rings is 1. The second-order valence-corrected chi connectivity index (χ2v) is 7.82. The van der Waals surface area contributed by atoms with Gasteiger partial charge in [-0.25, -0.2) is 13.1 Å². The number of aliphatic hydroxyl groups excluding tert-OH is 1. The van der Waals surface area contributed by atoms with E-state index in [1.54, 1.807) is 11.8 Å². The molecule has 1 amide bonds. The molecule has 1 aliphatic heterocycles. The molecule has 1 heterocycles. The van der Waals surface area contributed by atoms with Gasteiger partial charge in [-0.1, -0.05) is 0 Å². The molecule has 0 spiro atoms. The zero-order valence-electron chi connectivity index (χ0n) is 12.7. The van der Waals surface area contributed by atoms with Gasteiger partial charge < -0.3 is 10.0 Å². The molecule has 1 saturated carbocycles. The Morgan fingerprint density at radius 1 is 1.24 bits per heavy atom. The second-order valence-electron chi connectivity index (χ2n) is 6.04. The van der Waals surface area contributed by atoms with Crippen molar-refractivity contribution in [3.8, 4) is 0 Å². The van der Waals surface area contributed by atoms with E-state index in [0.717, 1.165) is 38.6 Å². The van der Waals surface area contributed by atoms with Crippen molar-refractivity contribution in [1.82, 2.24) is 14.5 Å². The molecule has 2 N–H and O–H groups in total. The lowest BCUT2D eigenvalue weighted by atomic mass is 10.1. The number of hydrogen-bond acceptors (Lipinski definition) is 5. The first-order valence-corrected chi connectivity index (χ1v) is 9.35. The Morgan fingerprint density at radius 2 is 1.86 bits per heavy atom. The van der Waals surface area contributed by atoms with Crippen LogP contribution in [0.4, 0.5) is 0 Å². The van der Waals surface area contributed by atoms with Crippen LogP contribution in [-0.4, -0.2) is 79.9 Å². The maximum absolute atomic E-state index is 12.2. The van der Waals surface area contributed by atoms with Crippen molar-refractivity contribution in [3.05, 3.63) is 0 Å². The van der Waals surface area contributed by atoms with Crippen molar-refractivity contribution in [2.24, 2.45) is 0 Å². The summed E-state index contributed by atoms with van der Waals surface area (Å²) in [7, 11) is -3.38. The lowest BCUT2D eigenvalue weighted by Gasteiger charge is -2.39. The van der Waals surface area contributed by atoms with E-state index in [1.165, 1.54) is 0 Å². The van der Waals surface area contributed by atoms with E-state index in [4.69, 9.17) is 0 Å². The number of carbonyl (C=O) groups is 1. The number of sulfonamides is 1. The van der Waals surface area contributed by atoms with Crippen molar-refractivity contribution >= 4 is 15.9 Å². The normalized spacial score (nSPS) is 29.6. The molecule has 21 heavy (non-hydrogen) atoms. The Hall–Kier alpha value is -0.700. The molecule has 8 heteroatoms. The molecular formula is C13H25N3O4S. The van der Waals surface area contributed by atoms with E-state index in [2.05, 4.69) is 9.62 Å². The van der Waals surface area contributed by atoms with Crippen LogP contribution in [0, 0.1) is 0 Å². The highest BCUT2D eigenvalue weighted by molar-refractivity contribution is 7.88. The van der Waals surface area contributed by atoms with Gasteiger partial charge in [-0.2, -0.15) is 0 Å².